The first-order valence-electron chi connectivity index (χ1n) is 19.8. The highest BCUT2D eigenvalue weighted by molar-refractivity contribution is 7.91. The first-order chi connectivity index (χ1) is 27.5. The summed E-state index contributed by atoms with van der Waals surface area (Å²) in [5.41, 5.74) is -4.60. The van der Waals surface area contributed by atoms with Crippen LogP contribution < -0.4 is 24.8 Å². The average molecular weight is 854 g/mol. The number of rotatable bonds is 9. The Morgan fingerprint density at radius 2 is 1.85 bits per heavy atom. The maximum atomic E-state index is 14.9. The number of allylic oxidation sites excluding steroid dienone is 1. The van der Waals surface area contributed by atoms with Crippen LogP contribution in [0.5, 0.6) is 11.6 Å². The number of hydrogen-bond acceptors (Lipinski definition) is 10. The van der Waals surface area contributed by atoms with E-state index in [-0.39, 0.29) is 42.3 Å². The van der Waals surface area contributed by atoms with Gasteiger partial charge in [-0.3, -0.25) is 19.1 Å². The lowest BCUT2D eigenvalue weighted by Crippen LogP contribution is -2.60. The van der Waals surface area contributed by atoms with Crippen LogP contribution in [0.4, 0.5) is 22.4 Å². The van der Waals surface area contributed by atoms with Crippen molar-refractivity contribution >= 4 is 44.6 Å². The van der Waals surface area contributed by atoms with Crippen molar-refractivity contribution in [2.24, 2.45) is 17.8 Å². The van der Waals surface area contributed by atoms with Crippen molar-refractivity contribution in [1.82, 2.24) is 25.2 Å². The van der Waals surface area contributed by atoms with Gasteiger partial charge in [0, 0.05) is 23.9 Å². The van der Waals surface area contributed by atoms with Crippen LogP contribution in [0.25, 0.3) is 10.8 Å². The number of nitrogens with zero attached hydrogens (tertiary/aromatic N) is 2. The first kappa shape index (κ1) is 43.9. The molecule has 324 valence electrons. The normalized spacial score (nSPS) is 29.2. The van der Waals surface area contributed by atoms with Crippen LogP contribution in [0.15, 0.2) is 36.5 Å². The van der Waals surface area contributed by atoms with Gasteiger partial charge in [-0.1, -0.05) is 32.4 Å². The van der Waals surface area contributed by atoms with E-state index in [2.05, 4.69) is 20.3 Å². The summed E-state index contributed by atoms with van der Waals surface area (Å²) in [6.07, 6.45) is -0.0192. The number of alkyl halides is 3. The highest BCUT2D eigenvalue weighted by Gasteiger charge is 2.63. The lowest BCUT2D eigenvalue weighted by Gasteiger charge is -2.35. The summed E-state index contributed by atoms with van der Waals surface area (Å²) in [4.78, 5) is 62.0. The van der Waals surface area contributed by atoms with Crippen molar-refractivity contribution in [3.8, 4) is 11.6 Å². The average Bonchev–Trinajstić information content (AvgIpc) is 4.03. The second-order valence-electron chi connectivity index (χ2n) is 17.0. The minimum Gasteiger partial charge on any atom is -0.494 e. The van der Waals surface area contributed by atoms with Gasteiger partial charge >= 0.3 is 12.3 Å². The van der Waals surface area contributed by atoms with Gasteiger partial charge in [-0.25, -0.2) is 22.6 Å². The Labute approximate surface area is 340 Å². The zero-order valence-corrected chi connectivity index (χ0v) is 34.6. The predicted molar refractivity (Wildman–Crippen MR) is 206 cm³/mol. The van der Waals surface area contributed by atoms with Crippen molar-refractivity contribution < 1.29 is 59.4 Å². The minimum atomic E-state index is -4.94. The van der Waals surface area contributed by atoms with Crippen LogP contribution in [-0.2, 0) is 29.1 Å². The van der Waals surface area contributed by atoms with E-state index in [1.807, 2.05) is 13.0 Å². The molecule has 14 nitrogen and oxygen atoms in total. The molecule has 4 amide bonds. The number of sulfonamides is 1. The summed E-state index contributed by atoms with van der Waals surface area (Å²) < 4.78 is 99.9. The fourth-order valence-electron chi connectivity index (χ4n) is 7.82. The predicted octanol–water partition coefficient (Wildman–Crippen LogP) is 5.44. The molecule has 1 saturated heterocycles. The van der Waals surface area contributed by atoms with E-state index in [9.17, 15) is 45.2 Å². The Bertz CT molecular complexity index is 2130. The van der Waals surface area contributed by atoms with E-state index in [0.29, 0.717) is 57.8 Å². The van der Waals surface area contributed by atoms with E-state index in [4.69, 9.17) is 14.2 Å². The zero-order chi connectivity index (χ0) is 43.3. The van der Waals surface area contributed by atoms with Gasteiger partial charge in [0.2, 0.25) is 33.3 Å². The third-order valence-corrected chi connectivity index (χ3v) is 14.3. The first-order valence-corrected chi connectivity index (χ1v) is 21.2. The summed E-state index contributed by atoms with van der Waals surface area (Å²) in [5, 5.41) is 5.93. The third-order valence-electron chi connectivity index (χ3n) is 12.2. The van der Waals surface area contributed by atoms with Gasteiger partial charge in [0.25, 0.3) is 5.91 Å². The minimum absolute atomic E-state index is 0.0237. The highest BCUT2D eigenvalue weighted by Crippen LogP contribution is 2.48. The molecule has 3 fully saturated rings. The molecule has 0 radical (unpaired) electrons. The molecule has 3 N–H and O–H groups in total. The van der Waals surface area contributed by atoms with Gasteiger partial charge < -0.3 is 29.7 Å². The maximum absolute atomic E-state index is 14.9. The van der Waals surface area contributed by atoms with Crippen molar-refractivity contribution in [3.05, 3.63) is 42.4 Å². The number of amides is 4. The van der Waals surface area contributed by atoms with E-state index < -0.39 is 91.7 Å². The molecule has 0 bridgehead atoms. The number of carbonyl (C=O) groups is 4. The summed E-state index contributed by atoms with van der Waals surface area (Å²) >= 11 is 0. The molecule has 19 heteroatoms. The summed E-state index contributed by atoms with van der Waals surface area (Å²) in [6, 6.07) is 1.36. The fourth-order valence-corrected chi connectivity index (χ4v) is 9.13. The molecule has 4 aliphatic rings. The van der Waals surface area contributed by atoms with Gasteiger partial charge in [-0.05, 0) is 94.7 Å². The molecule has 6 rings (SSSR count). The number of aromatic nitrogens is 1. The smallest absolute Gasteiger partial charge is 0.427 e. The van der Waals surface area contributed by atoms with E-state index in [1.165, 1.54) is 32.4 Å². The topological polar surface area (TPSA) is 182 Å². The molecule has 1 aromatic carbocycles. The molecule has 1 aromatic heterocycles. The maximum Gasteiger partial charge on any atom is 0.427 e. The van der Waals surface area contributed by atoms with Crippen LogP contribution in [0, 0.1) is 23.6 Å². The molecule has 59 heavy (non-hydrogen) atoms. The van der Waals surface area contributed by atoms with E-state index in [0.717, 1.165) is 4.90 Å². The molecule has 2 saturated carbocycles. The SMILES string of the molecule is CC[C@@H]1C[C@H](C)CC/C=C\[C@@H]2C[C@@]2(C(=O)NS(=O)(=O)C2(C)CC2)NC(=O)[C@@H]2C[C@@H](Oc3nccc4cc(OC)c(F)cc34)CN2C(=O)[C@H]1NC(=O)OC(C)(C)C(F)(F)F. The largest absolute Gasteiger partial charge is 0.494 e. The number of pyridine rings is 1. The molecule has 2 aromatic rings. The number of carbonyl (C=O) groups excluding carboxylic acids is 4. The Morgan fingerprint density at radius 3 is 2.49 bits per heavy atom. The van der Waals surface area contributed by atoms with Crippen LogP contribution in [0.1, 0.15) is 86.0 Å². The highest BCUT2D eigenvalue weighted by atomic mass is 32.2. The molecular formula is C40H51F4N5O9S. The number of methoxy groups -OCH3 is 1. The third kappa shape index (κ3) is 8.94. The molecule has 0 spiro atoms. The van der Waals surface area contributed by atoms with Crippen molar-refractivity contribution in [2.75, 3.05) is 13.7 Å². The molecule has 0 unspecified atom stereocenters. The zero-order valence-electron chi connectivity index (χ0n) is 33.8. The molecule has 2 aliphatic carbocycles. The van der Waals surface area contributed by atoms with Crippen molar-refractivity contribution in [3.63, 3.8) is 0 Å². The van der Waals surface area contributed by atoms with E-state index in [1.54, 1.807) is 19.1 Å². The lowest BCUT2D eigenvalue weighted by atomic mass is 9.85. The van der Waals surface area contributed by atoms with Crippen LogP contribution >= 0.6 is 0 Å². The van der Waals surface area contributed by atoms with Crippen LogP contribution in [-0.4, -0.2) is 96.0 Å². The van der Waals surface area contributed by atoms with Crippen LogP contribution in [0.3, 0.4) is 0 Å². The summed E-state index contributed by atoms with van der Waals surface area (Å²) in [5.74, 6) is -4.60. The fraction of sp³-hybridized carbons (Fsp3) is 0.625. The summed E-state index contributed by atoms with van der Waals surface area (Å²) in [6.45, 7) is 6.28. The molecule has 7 atom stereocenters. The molecular weight excluding hydrogens is 803 g/mol. The monoisotopic (exact) mass is 853 g/mol. The second kappa shape index (κ2) is 16.1. The lowest BCUT2D eigenvalue weighted by molar-refractivity contribution is -0.244. The Morgan fingerprint density at radius 1 is 1.14 bits per heavy atom. The number of ether oxygens (including phenoxy) is 3. The standard InChI is InChI=1S/C40H51F4N5O9S/c1-7-23-16-22(2)10-8-9-11-25-20-39(25,35(52)48-59(54,55)38(5)13-14-38)47-32(50)29-18-26(57-33-27-19-28(41)30(56-6)17-24(27)12-15-45-33)21-49(29)34(51)31(23)46-36(53)58-37(3,4)40(42,43)44/h9,11-12,15,17,19,22-23,25-26,29,31H,7-8,10,13-14,16,18,20-21H2,1-6H3,(H,46,53)(H,47,50)(H,48,52)/b11-9-/t22-,23-,25-,26-,29+,31+,39-/m1/s1. The number of nitrogens with one attached hydrogen (secondary N) is 3. The van der Waals surface area contributed by atoms with Crippen molar-refractivity contribution in [2.45, 2.75) is 126 Å². The van der Waals surface area contributed by atoms with Crippen molar-refractivity contribution in [1.29, 1.82) is 0 Å². The molecule has 2 aliphatic heterocycles. The van der Waals surface area contributed by atoms with Gasteiger partial charge in [-0.2, -0.15) is 13.2 Å². The summed E-state index contributed by atoms with van der Waals surface area (Å²) in [7, 11) is -2.79. The number of alkyl carbamates (subject to hydrolysis) is 1. The van der Waals surface area contributed by atoms with E-state index >= 15 is 0 Å². The number of hydrogen-bond donors (Lipinski definition) is 3. The Hall–Kier alpha value is -4.68. The number of halogens is 4. The quantitative estimate of drug-likeness (QED) is 0.217. The Kier molecular flexibility index (Phi) is 11.9. The van der Waals surface area contributed by atoms with Gasteiger partial charge in [0.05, 0.1) is 18.4 Å². The molecule has 3 heterocycles. The van der Waals surface area contributed by atoms with Crippen LogP contribution in [0.2, 0.25) is 0 Å². The van der Waals surface area contributed by atoms with Gasteiger partial charge in [0.15, 0.2) is 11.6 Å². The second-order valence-corrected chi connectivity index (χ2v) is 19.2. The van der Waals surface area contributed by atoms with Gasteiger partial charge in [-0.15, -0.1) is 0 Å². The van der Waals surface area contributed by atoms with Gasteiger partial charge in [0.1, 0.15) is 23.7 Å². The number of fused-ring (bicyclic) bond motifs is 3. The Balaban J connectivity index is 1.38. The number of benzene rings is 1.